The van der Waals surface area contributed by atoms with Crippen molar-refractivity contribution in [2.24, 2.45) is 5.92 Å². The molecule has 31 heavy (non-hydrogen) atoms. The molecule has 160 valence electrons. The van der Waals surface area contributed by atoms with Gasteiger partial charge >= 0.3 is 5.97 Å². The highest BCUT2D eigenvalue weighted by Crippen LogP contribution is 2.31. The summed E-state index contributed by atoms with van der Waals surface area (Å²) in [5.41, 5.74) is 2.22. The molecule has 1 aromatic carbocycles. The fourth-order valence-electron chi connectivity index (χ4n) is 3.78. The highest BCUT2D eigenvalue weighted by atomic mass is 35.5. The average Bonchev–Trinajstić information content (AvgIpc) is 3.23. The van der Waals surface area contributed by atoms with Crippen LogP contribution in [0.5, 0.6) is 0 Å². The lowest BCUT2D eigenvalue weighted by atomic mass is 10.1. The van der Waals surface area contributed by atoms with Crippen molar-refractivity contribution in [1.29, 1.82) is 0 Å². The van der Waals surface area contributed by atoms with Gasteiger partial charge in [0.1, 0.15) is 17.5 Å². The summed E-state index contributed by atoms with van der Waals surface area (Å²) in [7, 11) is 0. The predicted octanol–water partition coefficient (Wildman–Crippen LogP) is 5.21. The molecule has 2 aromatic heterocycles. The molecule has 0 spiro atoms. The molecule has 0 radical (unpaired) electrons. The molecule has 0 unspecified atom stereocenters. The second kappa shape index (κ2) is 9.31. The minimum Gasteiger partial charge on any atom is -0.481 e. The van der Waals surface area contributed by atoms with Crippen LogP contribution in [0.1, 0.15) is 24.8 Å². The monoisotopic (exact) mass is 440 g/mol. The minimum absolute atomic E-state index is 0.0647. The van der Waals surface area contributed by atoms with Gasteiger partial charge < -0.3 is 15.7 Å². The number of nitrogens with one attached hydrogen (secondary N) is 2. The van der Waals surface area contributed by atoms with Crippen LogP contribution in [0.2, 0.25) is 5.02 Å². The summed E-state index contributed by atoms with van der Waals surface area (Å²) in [6.07, 6.45) is 3.59. The molecule has 6 nitrogen and oxygen atoms in total. The number of aromatic nitrogens is 2. The standard InChI is InChI=1S/C23H22ClFN4O2/c24-19-13-27-22(28-17-8-7-15(10-17)23(30)31)11-18(19)20-5-2-6-21(29-20)26-12-14-3-1-4-16(25)9-14/h1-6,9,11,13,15,17H,7-8,10,12H2,(H,26,29)(H,27,28)(H,30,31)/t15-,17+/m1/s1. The number of rotatable bonds is 7. The summed E-state index contributed by atoms with van der Waals surface area (Å²) in [6, 6.07) is 13.9. The Hall–Kier alpha value is -3.19. The van der Waals surface area contributed by atoms with Gasteiger partial charge in [-0.05, 0) is 55.2 Å². The lowest BCUT2D eigenvalue weighted by Crippen LogP contribution is -2.18. The third kappa shape index (κ3) is 5.30. The number of carbonyl (C=O) groups is 1. The van der Waals surface area contributed by atoms with Gasteiger partial charge in [0.2, 0.25) is 0 Å². The summed E-state index contributed by atoms with van der Waals surface area (Å²) in [5, 5.41) is 16.2. The lowest BCUT2D eigenvalue weighted by Gasteiger charge is -2.15. The number of benzene rings is 1. The summed E-state index contributed by atoms with van der Waals surface area (Å²) >= 11 is 6.38. The molecule has 1 aliphatic carbocycles. The van der Waals surface area contributed by atoms with Gasteiger partial charge in [-0.2, -0.15) is 0 Å². The molecule has 3 N–H and O–H groups in total. The molecule has 0 amide bonds. The second-order valence-corrected chi connectivity index (χ2v) is 8.04. The molecule has 8 heteroatoms. The average molecular weight is 441 g/mol. The quantitative estimate of drug-likeness (QED) is 0.467. The molecular formula is C23H22ClFN4O2. The lowest BCUT2D eigenvalue weighted by molar-refractivity contribution is -0.141. The summed E-state index contributed by atoms with van der Waals surface area (Å²) in [6.45, 7) is 0.442. The van der Waals surface area contributed by atoms with E-state index < -0.39 is 5.97 Å². The van der Waals surface area contributed by atoms with E-state index in [4.69, 9.17) is 11.6 Å². The normalized spacial score (nSPS) is 18.0. The smallest absolute Gasteiger partial charge is 0.306 e. The molecule has 2 heterocycles. The van der Waals surface area contributed by atoms with Crippen molar-refractivity contribution in [3.63, 3.8) is 0 Å². The number of carboxylic acids is 1. The minimum atomic E-state index is -0.749. The molecule has 4 rings (SSSR count). The van der Waals surface area contributed by atoms with Crippen molar-refractivity contribution in [1.82, 2.24) is 9.97 Å². The number of halogens is 2. The Morgan fingerprint density at radius 3 is 2.77 bits per heavy atom. The molecule has 0 bridgehead atoms. The van der Waals surface area contributed by atoms with Crippen LogP contribution in [0, 0.1) is 11.7 Å². The van der Waals surface area contributed by atoms with E-state index in [0.717, 1.165) is 17.5 Å². The van der Waals surface area contributed by atoms with Crippen LogP contribution in [-0.2, 0) is 11.3 Å². The zero-order valence-corrected chi connectivity index (χ0v) is 17.4. The first-order valence-electron chi connectivity index (χ1n) is 10.1. The fourth-order valence-corrected chi connectivity index (χ4v) is 3.98. The van der Waals surface area contributed by atoms with Gasteiger partial charge in [0, 0.05) is 24.3 Å². The van der Waals surface area contributed by atoms with Crippen molar-refractivity contribution >= 4 is 29.2 Å². The van der Waals surface area contributed by atoms with Crippen molar-refractivity contribution < 1.29 is 14.3 Å². The molecule has 2 atom stereocenters. The first-order chi connectivity index (χ1) is 15.0. The number of nitrogens with zero attached hydrogens (tertiary/aromatic N) is 2. The molecule has 1 saturated carbocycles. The van der Waals surface area contributed by atoms with Crippen LogP contribution in [0.4, 0.5) is 16.0 Å². The number of hydrogen-bond donors (Lipinski definition) is 3. The summed E-state index contributed by atoms with van der Waals surface area (Å²) < 4.78 is 13.4. The first-order valence-corrected chi connectivity index (χ1v) is 10.5. The maximum absolute atomic E-state index is 13.4. The van der Waals surface area contributed by atoms with Gasteiger partial charge in [-0.15, -0.1) is 0 Å². The van der Waals surface area contributed by atoms with Gasteiger partial charge in [0.15, 0.2) is 0 Å². The van der Waals surface area contributed by atoms with Gasteiger partial charge in [-0.1, -0.05) is 29.8 Å². The topological polar surface area (TPSA) is 87.1 Å². The summed E-state index contributed by atoms with van der Waals surface area (Å²) in [4.78, 5) is 20.1. The van der Waals surface area contributed by atoms with E-state index in [1.54, 1.807) is 12.3 Å². The van der Waals surface area contributed by atoms with E-state index in [0.29, 0.717) is 41.7 Å². The number of carboxylic acid groups (broad SMARTS) is 1. The second-order valence-electron chi connectivity index (χ2n) is 7.63. The third-order valence-electron chi connectivity index (χ3n) is 5.38. The third-order valence-corrected chi connectivity index (χ3v) is 5.68. The number of anilines is 2. The van der Waals surface area contributed by atoms with E-state index in [1.165, 1.54) is 12.1 Å². The van der Waals surface area contributed by atoms with E-state index in [2.05, 4.69) is 20.6 Å². The Balaban J connectivity index is 1.48. The first kappa shape index (κ1) is 21.1. The van der Waals surface area contributed by atoms with Gasteiger partial charge in [0.25, 0.3) is 0 Å². The predicted molar refractivity (Wildman–Crippen MR) is 119 cm³/mol. The maximum Gasteiger partial charge on any atom is 0.306 e. The Kier molecular flexibility index (Phi) is 6.32. The Bertz CT molecular complexity index is 1090. The van der Waals surface area contributed by atoms with Crippen molar-refractivity contribution in [2.75, 3.05) is 10.6 Å². The van der Waals surface area contributed by atoms with Crippen LogP contribution in [0.25, 0.3) is 11.3 Å². The van der Waals surface area contributed by atoms with E-state index >= 15 is 0 Å². The summed E-state index contributed by atoms with van der Waals surface area (Å²) in [5.74, 6) is -0.0613. The Morgan fingerprint density at radius 1 is 1.16 bits per heavy atom. The largest absolute Gasteiger partial charge is 0.481 e. The fraction of sp³-hybridized carbons (Fsp3) is 0.261. The van der Waals surface area contributed by atoms with Gasteiger partial charge in [0.05, 0.1) is 16.6 Å². The SMILES string of the molecule is O=C(O)[C@@H]1CC[C@H](Nc2cc(-c3cccc(NCc4cccc(F)c4)n3)c(Cl)cn2)C1. The highest BCUT2D eigenvalue weighted by Gasteiger charge is 2.29. The molecule has 0 saturated heterocycles. The van der Waals surface area contributed by atoms with Crippen molar-refractivity contribution in [3.8, 4) is 11.3 Å². The number of pyridine rings is 2. The maximum atomic E-state index is 13.4. The zero-order valence-electron chi connectivity index (χ0n) is 16.7. The highest BCUT2D eigenvalue weighted by molar-refractivity contribution is 6.33. The van der Waals surface area contributed by atoms with E-state index in [1.807, 2.05) is 30.3 Å². The molecule has 3 aromatic rings. The van der Waals surface area contributed by atoms with Crippen LogP contribution in [0.3, 0.4) is 0 Å². The van der Waals surface area contributed by atoms with Gasteiger partial charge in [-0.25, -0.2) is 14.4 Å². The van der Waals surface area contributed by atoms with E-state index in [9.17, 15) is 14.3 Å². The molecule has 0 aliphatic heterocycles. The van der Waals surface area contributed by atoms with Crippen LogP contribution >= 0.6 is 11.6 Å². The van der Waals surface area contributed by atoms with Crippen molar-refractivity contribution in [2.45, 2.75) is 31.8 Å². The molecule has 1 fully saturated rings. The van der Waals surface area contributed by atoms with Gasteiger partial charge in [-0.3, -0.25) is 4.79 Å². The molecule has 1 aliphatic rings. The van der Waals surface area contributed by atoms with E-state index in [-0.39, 0.29) is 17.8 Å². The van der Waals surface area contributed by atoms with Crippen LogP contribution in [-0.4, -0.2) is 27.1 Å². The van der Waals surface area contributed by atoms with Crippen molar-refractivity contribution in [3.05, 3.63) is 71.1 Å². The van der Waals surface area contributed by atoms with Crippen LogP contribution in [0.15, 0.2) is 54.7 Å². The zero-order chi connectivity index (χ0) is 21.8. The van der Waals surface area contributed by atoms with Crippen LogP contribution < -0.4 is 10.6 Å². The molecular weight excluding hydrogens is 419 g/mol. The Labute approximate surface area is 184 Å². The number of aliphatic carboxylic acids is 1. The Morgan fingerprint density at radius 2 is 2.00 bits per heavy atom. The number of hydrogen-bond acceptors (Lipinski definition) is 5.